The third kappa shape index (κ3) is 5.20. The molecule has 0 aliphatic heterocycles. The molecule has 10 heteroatoms. The van der Waals surface area contributed by atoms with Crippen LogP contribution in [0.2, 0.25) is 0 Å². The highest BCUT2D eigenvalue weighted by molar-refractivity contribution is 5.77. The smallest absolute Gasteiger partial charge is 0.206 e. The fraction of sp³-hybridized carbons (Fsp3) is 0.226. The van der Waals surface area contributed by atoms with Crippen molar-refractivity contribution >= 4 is 0 Å². The molecule has 4 aromatic rings. The molecule has 0 aromatic heterocycles. The number of rotatable bonds is 8. The van der Waals surface area contributed by atoms with Gasteiger partial charge in [-0.15, -0.1) is 0 Å². The second-order valence-corrected chi connectivity index (χ2v) is 9.53. The van der Waals surface area contributed by atoms with E-state index in [0.29, 0.717) is 30.7 Å². The van der Waals surface area contributed by atoms with E-state index in [9.17, 15) is 17.6 Å². The van der Waals surface area contributed by atoms with Crippen LogP contribution in [0.5, 0.6) is 0 Å². The molecule has 4 aromatic carbocycles. The Balaban J connectivity index is 2.30. The van der Waals surface area contributed by atoms with Gasteiger partial charge < -0.3 is 0 Å². The Bertz CT molecular complexity index is 1580. The second-order valence-electron chi connectivity index (χ2n) is 9.53. The van der Waals surface area contributed by atoms with Gasteiger partial charge in [0.15, 0.2) is 23.3 Å². The molecular formula is C31H22F10. The van der Waals surface area contributed by atoms with Crippen LogP contribution in [0.4, 0.5) is 43.9 Å². The summed E-state index contributed by atoms with van der Waals surface area (Å²) in [7, 11) is 0. The summed E-state index contributed by atoms with van der Waals surface area (Å²) in [6.07, 6.45) is 0.379. The van der Waals surface area contributed by atoms with Gasteiger partial charge in [0, 0.05) is 22.8 Å². The summed E-state index contributed by atoms with van der Waals surface area (Å²) < 4.78 is 154. The van der Waals surface area contributed by atoms with Gasteiger partial charge in [0.05, 0.1) is 16.7 Å². The Morgan fingerprint density at radius 1 is 0.585 bits per heavy atom. The molecule has 0 unspecified atom stereocenters. The van der Waals surface area contributed by atoms with Crippen molar-refractivity contribution in [2.24, 2.45) is 0 Å². The number of aryl methyl sites for hydroxylation is 2. The minimum absolute atomic E-state index is 0.155. The van der Waals surface area contributed by atoms with E-state index in [0.717, 1.165) is 37.3 Å². The number of benzene rings is 4. The maximum absolute atomic E-state index is 16.5. The van der Waals surface area contributed by atoms with E-state index in [2.05, 4.69) is 0 Å². The number of alkyl halides is 4. The molecule has 0 atom stereocenters. The predicted octanol–water partition coefficient (Wildman–Crippen LogP) is 10.1. The van der Waals surface area contributed by atoms with Crippen molar-refractivity contribution in [1.29, 1.82) is 0 Å². The highest BCUT2D eigenvalue weighted by Gasteiger charge is 2.50. The summed E-state index contributed by atoms with van der Waals surface area (Å²) in [6.45, 7) is 2.69. The third-order valence-electron chi connectivity index (χ3n) is 6.82. The maximum Gasteiger partial charge on any atom is 0.302 e. The number of hydrogen-bond acceptors (Lipinski definition) is 0. The van der Waals surface area contributed by atoms with Crippen molar-refractivity contribution in [2.75, 3.05) is 0 Å². The van der Waals surface area contributed by atoms with E-state index < -0.39 is 85.7 Å². The average molecular weight is 584 g/mol. The van der Waals surface area contributed by atoms with E-state index in [1.54, 1.807) is 6.92 Å². The largest absolute Gasteiger partial charge is 0.302 e. The molecule has 0 aliphatic rings. The molecule has 0 radical (unpaired) electrons. The van der Waals surface area contributed by atoms with Gasteiger partial charge in [-0.3, -0.25) is 0 Å². The van der Waals surface area contributed by atoms with Gasteiger partial charge in [0.1, 0.15) is 11.6 Å². The predicted molar refractivity (Wildman–Crippen MR) is 134 cm³/mol. The topological polar surface area (TPSA) is 0 Å². The van der Waals surface area contributed by atoms with E-state index in [1.807, 2.05) is 0 Å². The lowest BCUT2D eigenvalue weighted by Gasteiger charge is -2.31. The Morgan fingerprint density at radius 2 is 1.05 bits per heavy atom. The van der Waals surface area contributed by atoms with Crippen molar-refractivity contribution in [2.45, 2.75) is 45.0 Å². The van der Waals surface area contributed by atoms with Crippen LogP contribution in [-0.2, 0) is 18.3 Å². The van der Waals surface area contributed by atoms with E-state index in [1.165, 1.54) is 0 Å². The zero-order valence-electron chi connectivity index (χ0n) is 21.7. The monoisotopic (exact) mass is 584 g/mol. The van der Waals surface area contributed by atoms with Crippen molar-refractivity contribution in [3.8, 4) is 11.1 Å². The summed E-state index contributed by atoms with van der Waals surface area (Å²) in [4.78, 5) is 0. The second kappa shape index (κ2) is 11.2. The van der Waals surface area contributed by atoms with E-state index >= 15 is 26.3 Å². The van der Waals surface area contributed by atoms with Crippen molar-refractivity contribution in [3.05, 3.63) is 129 Å². The normalized spacial score (nSPS) is 12.2. The standard InChI is InChI=1S/C31H22F10/c1-3-4-9-17-14-16(2)26(30(38,39)18-10-5-7-12-20(18)32)27(31(40,41)19-11-6-8-13-21(19)33)24(17)25-28(36)22(34)15-23(35)29(25)37/h5-8,10-15H,3-4,9H2,1-2H3. The molecule has 0 amide bonds. The maximum atomic E-state index is 16.5. The molecule has 0 fully saturated rings. The highest BCUT2D eigenvalue weighted by atomic mass is 19.3. The Labute approximate surface area is 229 Å². The SMILES string of the molecule is CCCCc1cc(C)c(C(F)(F)c2ccccc2F)c(C(F)(F)c2ccccc2F)c1-c1c(F)c(F)cc(F)c1F. The molecule has 0 nitrogen and oxygen atoms in total. The van der Waals surface area contributed by atoms with Gasteiger partial charge in [0.2, 0.25) is 0 Å². The van der Waals surface area contributed by atoms with Gasteiger partial charge in [-0.05, 0) is 55.2 Å². The van der Waals surface area contributed by atoms with Crippen LogP contribution < -0.4 is 0 Å². The molecule has 0 saturated carbocycles. The molecule has 0 heterocycles. The summed E-state index contributed by atoms with van der Waals surface area (Å²) in [5.74, 6) is -20.6. The van der Waals surface area contributed by atoms with Crippen molar-refractivity contribution in [1.82, 2.24) is 0 Å². The fourth-order valence-electron chi connectivity index (χ4n) is 4.95. The average Bonchev–Trinajstić information content (AvgIpc) is 2.91. The van der Waals surface area contributed by atoms with Crippen LogP contribution in [0, 0.1) is 41.8 Å². The summed E-state index contributed by atoms with van der Waals surface area (Å²) >= 11 is 0. The minimum Gasteiger partial charge on any atom is -0.206 e. The van der Waals surface area contributed by atoms with Gasteiger partial charge in [-0.25, -0.2) is 26.3 Å². The molecule has 0 N–H and O–H groups in total. The van der Waals surface area contributed by atoms with Crippen LogP contribution in [0.15, 0.2) is 60.7 Å². The molecule has 0 bridgehead atoms. The quantitative estimate of drug-likeness (QED) is 0.143. The molecule has 41 heavy (non-hydrogen) atoms. The first kappa shape index (κ1) is 30.1. The molecule has 0 aliphatic carbocycles. The first-order valence-electron chi connectivity index (χ1n) is 12.5. The van der Waals surface area contributed by atoms with Crippen molar-refractivity contribution < 1.29 is 43.9 Å². The minimum atomic E-state index is -4.76. The van der Waals surface area contributed by atoms with E-state index in [-0.39, 0.29) is 24.5 Å². The van der Waals surface area contributed by atoms with Gasteiger partial charge in [-0.1, -0.05) is 43.7 Å². The van der Waals surface area contributed by atoms with Crippen molar-refractivity contribution in [3.63, 3.8) is 0 Å². The van der Waals surface area contributed by atoms with Crippen LogP contribution in [-0.4, -0.2) is 0 Å². The summed E-state index contributed by atoms with van der Waals surface area (Å²) in [5.41, 5.74) is -10.0. The highest BCUT2D eigenvalue weighted by Crippen LogP contribution is 2.53. The molecule has 216 valence electrons. The lowest BCUT2D eigenvalue weighted by molar-refractivity contribution is 0.0114. The zero-order chi connectivity index (χ0) is 30.3. The fourth-order valence-corrected chi connectivity index (χ4v) is 4.95. The van der Waals surface area contributed by atoms with Gasteiger partial charge >= 0.3 is 11.8 Å². The number of hydrogen-bond donors (Lipinski definition) is 0. The Hall–Kier alpha value is -3.82. The third-order valence-corrected chi connectivity index (χ3v) is 6.82. The van der Waals surface area contributed by atoms with Gasteiger partial charge in [-0.2, -0.15) is 17.6 Å². The van der Waals surface area contributed by atoms with E-state index in [4.69, 9.17) is 0 Å². The Kier molecular flexibility index (Phi) is 8.25. The zero-order valence-corrected chi connectivity index (χ0v) is 21.7. The lowest BCUT2D eigenvalue weighted by atomic mass is 9.78. The van der Waals surface area contributed by atoms with Crippen LogP contribution in [0.25, 0.3) is 11.1 Å². The molecule has 0 saturated heterocycles. The Morgan fingerprint density at radius 3 is 1.51 bits per heavy atom. The number of unbranched alkanes of at least 4 members (excludes halogenated alkanes) is 1. The molecular weight excluding hydrogens is 562 g/mol. The van der Waals surface area contributed by atoms with Crippen LogP contribution in [0.3, 0.4) is 0 Å². The lowest BCUT2D eigenvalue weighted by Crippen LogP contribution is -2.29. The van der Waals surface area contributed by atoms with Crippen LogP contribution in [0.1, 0.15) is 53.1 Å². The summed E-state index contributed by atoms with van der Waals surface area (Å²) in [5, 5.41) is 0. The number of halogens is 10. The summed E-state index contributed by atoms with van der Waals surface area (Å²) in [6, 6.07) is 7.41. The first-order chi connectivity index (χ1) is 19.2. The molecule has 4 rings (SSSR count). The van der Waals surface area contributed by atoms with Gasteiger partial charge in [0.25, 0.3) is 0 Å². The van der Waals surface area contributed by atoms with Crippen LogP contribution >= 0.6 is 0 Å². The first-order valence-corrected chi connectivity index (χ1v) is 12.5. The molecule has 0 spiro atoms.